The highest BCUT2D eigenvalue weighted by Crippen LogP contribution is 2.16. The SMILES string of the molecule is CCCCCC(Cc1ccccn1)Cn1cnnn1. The zero-order valence-electron chi connectivity index (χ0n) is 11.4. The van der Waals surface area contributed by atoms with Crippen molar-refractivity contribution in [3.05, 3.63) is 36.4 Å². The second-order valence-corrected chi connectivity index (χ2v) is 4.92. The van der Waals surface area contributed by atoms with Gasteiger partial charge in [-0.15, -0.1) is 5.10 Å². The van der Waals surface area contributed by atoms with Gasteiger partial charge in [-0.2, -0.15) is 0 Å². The fraction of sp³-hybridized carbons (Fsp3) is 0.571. The van der Waals surface area contributed by atoms with Crippen LogP contribution in [0, 0.1) is 5.92 Å². The summed E-state index contributed by atoms with van der Waals surface area (Å²) in [7, 11) is 0. The van der Waals surface area contributed by atoms with E-state index in [1.165, 1.54) is 25.7 Å². The first-order valence-electron chi connectivity index (χ1n) is 6.99. The van der Waals surface area contributed by atoms with Crippen molar-refractivity contribution in [3.63, 3.8) is 0 Å². The third-order valence-electron chi connectivity index (χ3n) is 3.28. The summed E-state index contributed by atoms with van der Waals surface area (Å²) in [6.45, 7) is 3.10. The number of hydrogen-bond donors (Lipinski definition) is 0. The van der Waals surface area contributed by atoms with E-state index in [0.29, 0.717) is 5.92 Å². The van der Waals surface area contributed by atoms with Crippen molar-refractivity contribution in [1.29, 1.82) is 0 Å². The largest absolute Gasteiger partial charge is 0.261 e. The Hall–Kier alpha value is -1.78. The average Bonchev–Trinajstić information content (AvgIpc) is 2.93. The lowest BCUT2D eigenvalue weighted by Crippen LogP contribution is -2.15. The summed E-state index contributed by atoms with van der Waals surface area (Å²) in [5, 5.41) is 11.4. The Morgan fingerprint density at radius 3 is 2.89 bits per heavy atom. The van der Waals surface area contributed by atoms with Crippen molar-refractivity contribution in [2.75, 3.05) is 0 Å². The van der Waals surface area contributed by atoms with E-state index in [-0.39, 0.29) is 0 Å². The van der Waals surface area contributed by atoms with Crippen LogP contribution in [0.15, 0.2) is 30.7 Å². The number of pyridine rings is 1. The number of rotatable bonds is 8. The molecule has 2 aromatic heterocycles. The van der Waals surface area contributed by atoms with E-state index in [1.54, 1.807) is 6.33 Å². The molecule has 19 heavy (non-hydrogen) atoms. The molecule has 0 saturated heterocycles. The van der Waals surface area contributed by atoms with Crippen molar-refractivity contribution in [2.45, 2.75) is 45.6 Å². The van der Waals surface area contributed by atoms with Gasteiger partial charge in [-0.1, -0.05) is 32.3 Å². The normalized spacial score (nSPS) is 12.5. The molecule has 0 N–H and O–H groups in total. The van der Waals surface area contributed by atoms with Gasteiger partial charge >= 0.3 is 0 Å². The van der Waals surface area contributed by atoms with E-state index >= 15 is 0 Å². The van der Waals surface area contributed by atoms with Gasteiger partial charge in [-0.25, -0.2) is 4.68 Å². The Balaban J connectivity index is 1.93. The maximum atomic E-state index is 4.42. The molecule has 0 aliphatic rings. The summed E-state index contributed by atoms with van der Waals surface area (Å²) >= 11 is 0. The van der Waals surface area contributed by atoms with E-state index in [1.807, 2.05) is 23.0 Å². The standard InChI is InChI=1S/C14H21N5/c1-2-3-4-7-13(11-19-12-16-17-18-19)10-14-8-5-6-9-15-14/h5-6,8-9,12-13H,2-4,7,10-11H2,1H3. The highest BCUT2D eigenvalue weighted by Gasteiger charge is 2.12. The quantitative estimate of drug-likeness (QED) is 0.683. The first-order chi connectivity index (χ1) is 9.38. The van der Waals surface area contributed by atoms with Crippen molar-refractivity contribution < 1.29 is 0 Å². The molecule has 1 unspecified atom stereocenters. The summed E-state index contributed by atoms with van der Waals surface area (Å²) < 4.78 is 1.82. The molecule has 0 bridgehead atoms. The molecule has 0 radical (unpaired) electrons. The minimum Gasteiger partial charge on any atom is -0.261 e. The van der Waals surface area contributed by atoms with Gasteiger partial charge in [0.1, 0.15) is 6.33 Å². The Morgan fingerprint density at radius 2 is 2.21 bits per heavy atom. The zero-order valence-corrected chi connectivity index (χ0v) is 11.4. The average molecular weight is 259 g/mol. The van der Waals surface area contributed by atoms with E-state index in [2.05, 4.69) is 33.5 Å². The monoisotopic (exact) mass is 259 g/mol. The topological polar surface area (TPSA) is 56.5 Å². The summed E-state index contributed by atoms with van der Waals surface area (Å²) in [4.78, 5) is 4.42. The van der Waals surface area contributed by atoms with Gasteiger partial charge in [0.2, 0.25) is 0 Å². The molecule has 0 spiro atoms. The number of hydrogen-bond acceptors (Lipinski definition) is 4. The molecule has 2 rings (SSSR count). The minimum absolute atomic E-state index is 0.546. The fourth-order valence-electron chi connectivity index (χ4n) is 2.28. The van der Waals surface area contributed by atoms with Crippen LogP contribution in [0.2, 0.25) is 0 Å². The van der Waals surface area contributed by atoms with Crippen molar-refractivity contribution in [1.82, 2.24) is 25.2 Å². The molecular formula is C14H21N5. The van der Waals surface area contributed by atoms with Crippen LogP contribution in [-0.4, -0.2) is 25.2 Å². The molecule has 0 amide bonds. The van der Waals surface area contributed by atoms with Crippen LogP contribution < -0.4 is 0 Å². The molecular weight excluding hydrogens is 238 g/mol. The van der Waals surface area contributed by atoms with Gasteiger partial charge in [0.15, 0.2) is 0 Å². The number of unbranched alkanes of at least 4 members (excludes halogenated alkanes) is 2. The lowest BCUT2D eigenvalue weighted by Gasteiger charge is -2.15. The molecule has 0 aliphatic carbocycles. The molecule has 0 aromatic carbocycles. The Kier molecular flexibility index (Phi) is 5.47. The van der Waals surface area contributed by atoms with Crippen molar-refractivity contribution in [3.8, 4) is 0 Å². The minimum atomic E-state index is 0.546. The first kappa shape index (κ1) is 13.6. The molecule has 5 nitrogen and oxygen atoms in total. The van der Waals surface area contributed by atoms with E-state index in [9.17, 15) is 0 Å². The van der Waals surface area contributed by atoms with E-state index in [0.717, 1.165) is 18.7 Å². The van der Waals surface area contributed by atoms with Crippen LogP contribution >= 0.6 is 0 Å². The summed E-state index contributed by atoms with van der Waals surface area (Å²) in [5.41, 5.74) is 1.15. The highest BCUT2D eigenvalue weighted by molar-refractivity contribution is 5.04. The van der Waals surface area contributed by atoms with Crippen LogP contribution in [0.1, 0.15) is 38.3 Å². The predicted molar refractivity (Wildman–Crippen MR) is 73.4 cm³/mol. The molecule has 0 saturated carbocycles. The lowest BCUT2D eigenvalue weighted by atomic mass is 9.96. The van der Waals surface area contributed by atoms with Crippen molar-refractivity contribution >= 4 is 0 Å². The van der Waals surface area contributed by atoms with Gasteiger partial charge in [0.05, 0.1) is 0 Å². The molecule has 102 valence electrons. The van der Waals surface area contributed by atoms with Crippen LogP contribution in [0.25, 0.3) is 0 Å². The van der Waals surface area contributed by atoms with Gasteiger partial charge in [0.25, 0.3) is 0 Å². The molecule has 2 heterocycles. The third kappa shape index (κ3) is 4.77. The predicted octanol–water partition coefficient (Wildman–Crippen LogP) is 2.51. The molecule has 1 atom stereocenters. The second kappa shape index (κ2) is 7.61. The molecule has 0 aliphatic heterocycles. The zero-order chi connectivity index (χ0) is 13.3. The second-order valence-electron chi connectivity index (χ2n) is 4.92. The summed E-state index contributed by atoms with van der Waals surface area (Å²) in [6.07, 6.45) is 9.53. The summed E-state index contributed by atoms with van der Waals surface area (Å²) in [6, 6.07) is 6.09. The Labute approximate surface area is 114 Å². The third-order valence-corrected chi connectivity index (χ3v) is 3.28. The van der Waals surface area contributed by atoms with Gasteiger partial charge in [-0.05, 0) is 41.3 Å². The molecule has 5 heteroatoms. The van der Waals surface area contributed by atoms with Crippen LogP contribution in [0.3, 0.4) is 0 Å². The van der Waals surface area contributed by atoms with Crippen LogP contribution in [-0.2, 0) is 13.0 Å². The smallest absolute Gasteiger partial charge is 0.138 e. The van der Waals surface area contributed by atoms with Crippen LogP contribution in [0.5, 0.6) is 0 Å². The number of tetrazole rings is 1. The van der Waals surface area contributed by atoms with E-state index < -0.39 is 0 Å². The van der Waals surface area contributed by atoms with E-state index in [4.69, 9.17) is 0 Å². The number of nitrogens with zero attached hydrogens (tertiary/aromatic N) is 5. The van der Waals surface area contributed by atoms with Crippen LogP contribution in [0.4, 0.5) is 0 Å². The summed E-state index contributed by atoms with van der Waals surface area (Å²) in [5.74, 6) is 0.546. The van der Waals surface area contributed by atoms with Gasteiger partial charge in [-0.3, -0.25) is 4.98 Å². The maximum absolute atomic E-state index is 4.42. The fourth-order valence-corrected chi connectivity index (χ4v) is 2.28. The van der Waals surface area contributed by atoms with Gasteiger partial charge < -0.3 is 0 Å². The first-order valence-corrected chi connectivity index (χ1v) is 6.99. The molecule has 2 aromatic rings. The Bertz CT molecular complexity index is 440. The lowest BCUT2D eigenvalue weighted by molar-refractivity contribution is 0.369. The van der Waals surface area contributed by atoms with Crippen molar-refractivity contribution in [2.24, 2.45) is 5.92 Å². The number of aromatic nitrogens is 5. The Morgan fingerprint density at radius 1 is 1.26 bits per heavy atom. The maximum Gasteiger partial charge on any atom is 0.138 e. The highest BCUT2D eigenvalue weighted by atomic mass is 15.5. The van der Waals surface area contributed by atoms with Gasteiger partial charge in [0, 0.05) is 18.4 Å². The molecule has 0 fully saturated rings.